The number of amides is 1. The number of carbonyl (C=O) groups excluding carboxylic acids is 1. The summed E-state index contributed by atoms with van der Waals surface area (Å²) in [6.45, 7) is 4.74. The second-order valence-corrected chi connectivity index (χ2v) is 4.64. The van der Waals surface area contributed by atoms with Crippen LogP contribution in [0, 0.1) is 5.92 Å². The molecule has 0 saturated carbocycles. The Balaban J connectivity index is 2.54. The minimum Gasteiger partial charge on any atom is -0.481 e. The van der Waals surface area contributed by atoms with Crippen LogP contribution in [-0.4, -0.2) is 33.4 Å². The number of pyridine rings is 1. The minimum absolute atomic E-state index is 0.0207. The zero-order valence-electron chi connectivity index (χ0n) is 11.4. The number of aromatic nitrogens is 1. The van der Waals surface area contributed by atoms with Gasteiger partial charge in [-0.1, -0.05) is 13.0 Å². The first-order valence-electron chi connectivity index (χ1n) is 6.42. The van der Waals surface area contributed by atoms with Crippen LogP contribution in [0.3, 0.4) is 0 Å². The number of carboxylic acid groups (broad SMARTS) is 1. The third-order valence-electron chi connectivity index (χ3n) is 2.86. The van der Waals surface area contributed by atoms with Crippen molar-refractivity contribution >= 4 is 11.9 Å². The summed E-state index contributed by atoms with van der Waals surface area (Å²) in [7, 11) is 0. The summed E-state index contributed by atoms with van der Waals surface area (Å²) in [5.74, 6) is -1.04. The first kappa shape index (κ1) is 15.1. The number of carboxylic acids is 1. The van der Waals surface area contributed by atoms with Gasteiger partial charge < -0.3 is 10.0 Å². The van der Waals surface area contributed by atoms with E-state index in [-0.39, 0.29) is 24.7 Å². The fraction of sp³-hybridized carbons (Fsp3) is 0.500. The smallest absolute Gasteiger partial charge is 0.303 e. The van der Waals surface area contributed by atoms with E-state index in [1.54, 1.807) is 18.0 Å². The Morgan fingerprint density at radius 2 is 2.11 bits per heavy atom. The zero-order valence-corrected chi connectivity index (χ0v) is 11.4. The Hall–Kier alpha value is -1.91. The molecular formula is C14H20N2O3. The van der Waals surface area contributed by atoms with Gasteiger partial charge in [0.15, 0.2) is 0 Å². The van der Waals surface area contributed by atoms with E-state index in [9.17, 15) is 9.59 Å². The van der Waals surface area contributed by atoms with Crippen LogP contribution in [-0.2, 0) is 16.1 Å². The summed E-state index contributed by atoms with van der Waals surface area (Å²) in [5, 5.41) is 8.69. The summed E-state index contributed by atoms with van der Waals surface area (Å²) >= 11 is 0. The van der Waals surface area contributed by atoms with E-state index in [1.807, 2.05) is 25.1 Å². The molecule has 1 unspecified atom stereocenters. The number of nitrogens with zero attached hydrogens (tertiary/aromatic N) is 2. The van der Waals surface area contributed by atoms with Crippen LogP contribution in [0.25, 0.3) is 0 Å². The van der Waals surface area contributed by atoms with E-state index in [4.69, 9.17) is 5.11 Å². The summed E-state index contributed by atoms with van der Waals surface area (Å²) in [5.41, 5.74) is 0.837. The molecule has 1 aromatic rings. The molecule has 104 valence electrons. The predicted octanol–water partition coefficient (Wildman–Crippen LogP) is 1.93. The molecule has 1 amide bonds. The highest BCUT2D eigenvalue weighted by Crippen LogP contribution is 2.11. The third-order valence-corrected chi connectivity index (χ3v) is 2.86. The largest absolute Gasteiger partial charge is 0.481 e. The van der Waals surface area contributed by atoms with E-state index in [2.05, 4.69) is 4.98 Å². The van der Waals surface area contributed by atoms with Crippen LogP contribution in [0.4, 0.5) is 0 Å². The Kier molecular flexibility index (Phi) is 5.99. The molecule has 19 heavy (non-hydrogen) atoms. The number of aliphatic carboxylic acids is 1. The number of rotatable bonds is 7. The van der Waals surface area contributed by atoms with E-state index < -0.39 is 5.97 Å². The van der Waals surface area contributed by atoms with Gasteiger partial charge in [-0.05, 0) is 25.0 Å². The summed E-state index contributed by atoms with van der Waals surface area (Å²) < 4.78 is 0. The molecule has 0 aromatic carbocycles. The SMILES string of the molecule is CCN(Cc1ccccn1)C(=O)CC(C)CC(=O)O. The molecule has 0 radical (unpaired) electrons. The Morgan fingerprint density at radius 3 is 2.63 bits per heavy atom. The molecule has 0 fully saturated rings. The van der Waals surface area contributed by atoms with E-state index in [0.717, 1.165) is 5.69 Å². The molecule has 0 bridgehead atoms. The van der Waals surface area contributed by atoms with E-state index >= 15 is 0 Å². The van der Waals surface area contributed by atoms with Crippen molar-refractivity contribution in [2.75, 3.05) is 6.54 Å². The highest BCUT2D eigenvalue weighted by atomic mass is 16.4. The van der Waals surface area contributed by atoms with Crippen LogP contribution in [0.15, 0.2) is 24.4 Å². The zero-order chi connectivity index (χ0) is 14.3. The monoisotopic (exact) mass is 264 g/mol. The lowest BCUT2D eigenvalue weighted by atomic mass is 10.0. The molecule has 0 aliphatic carbocycles. The molecule has 1 N–H and O–H groups in total. The second-order valence-electron chi connectivity index (χ2n) is 4.64. The summed E-state index contributed by atoms with van der Waals surface area (Å²) in [6, 6.07) is 5.58. The van der Waals surface area contributed by atoms with Crippen molar-refractivity contribution in [3.63, 3.8) is 0 Å². The summed E-state index contributed by atoms with van der Waals surface area (Å²) in [6.07, 6.45) is 1.97. The molecule has 5 nitrogen and oxygen atoms in total. The first-order chi connectivity index (χ1) is 9.02. The van der Waals surface area contributed by atoms with Crippen molar-refractivity contribution in [3.05, 3.63) is 30.1 Å². The first-order valence-corrected chi connectivity index (χ1v) is 6.42. The maximum atomic E-state index is 12.1. The quantitative estimate of drug-likeness (QED) is 0.817. The van der Waals surface area contributed by atoms with Crippen LogP contribution in [0.2, 0.25) is 0 Å². The van der Waals surface area contributed by atoms with Gasteiger partial charge in [-0.25, -0.2) is 0 Å². The van der Waals surface area contributed by atoms with Crippen molar-refractivity contribution in [2.24, 2.45) is 5.92 Å². The average Bonchev–Trinajstić information content (AvgIpc) is 2.35. The molecule has 1 heterocycles. The van der Waals surface area contributed by atoms with E-state index in [1.165, 1.54) is 0 Å². The van der Waals surface area contributed by atoms with Gasteiger partial charge in [0.05, 0.1) is 12.2 Å². The van der Waals surface area contributed by atoms with Gasteiger partial charge in [-0.2, -0.15) is 0 Å². The fourth-order valence-corrected chi connectivity index (χ4v) is 1.86. The predicted molar refractivity (Wildman–Crippen MR) is 71.4 cm³/mol. The number of hydrogen-bond donors (Lipinski definition) is 1. The van der Waals surface area contributed by atoms with Crippen molar-refractivity contribution in [3.8, 4) is 0 Å². The lowest BCUT2D eigenvalue weighted by molar-refractivity contribution is -0.138. The average molecular weight is 264 g/mol. The lowest BCUT2D eigenvalue weighted by Gasteiger charge is -2.22. The third kappa shape index (κ3) is 5.50. The van der Waals surface area contributed by atoms with Crippen molar-refractivity contribution in [1.82, 2.24) is 9.88 Å². The van der Waals surface area contributed by atoms with Crippen LogP contribution in [0.5, 0.6) is 0 Å². The van der Waals surface area contributed by atoms with Gasteiger partial charge in [-0.15, -0.1) is 0 Å². The fourth-order valence-electron chi connectivity index (χ4n) is 1.86. The highest BCUT2D eigenvalue weighted by molar-refractivity contribution is 5.77. The van der Waals surface area contributed by atoms with E-state index in [0.29, 0.717) is 13.1 Å². The normalized spacial score (nSPS) is 11.9. The molecule has 0 saturated heterocycles. The number of carbonyl (C=O) groups is 2. The molecule has 0 spiro atoms. The molecular weight excluding hydrogens is 244 g/mol. The van der Waals surface area contributed by atoms with Gasteiger partial charge in [-0.3, -0.25) is 14.6 Å². The molecule has 1 rings (SSSR count). The summed E-state index contributed by atoms with van der Waals surface area (Å²) in [4.78, 5) is 28.5. The van der Waals surface area contributed by atoms with Crippen LogP contribution >= 0.6 is 0 Å². The van der Waals surface area contributed by atoms with Crippen LogP contribution < -0.4 is 0 Å². The van der Waals surface area contributed by atoms with Crippen molar-refractivity contribution in [1.29, 1.82) is 0 Å². The maximum absolute atomic E-state index is 12.1. The lowest BCUT2D eigenvalue weighted by Crippen LogP contribution is -2.32. The van der Waals surface area contributed by atoms with Crippen molar-refractivity contribution in [2.45, 2.75) is 33.2 Å². The maximum Gasteiger partial charge on any atom is 0.303 e. The molecule has 1 aromatic heterocycles. The Labute approximate surface area is 113 Å². The number of hydrogen-bond acceptors (Lipinski definition) is 3. The van der Waals surface area contributed by atoms with Gasteiger partial charge in [0.1, 0.15) is 0 Å². The molecule has 5 heteroatoms. The van der Waals surface area contributed by atoms with Crippen molar-refractivity contribution < 1.29 is 14.7 Å². The topological polar surface area (TPSA) is 70.5 Å². The standard InChI is InChI=1S/C14H20N2O3/c1-3-16(10-12-6-4-5-7-15-12)13(17)8-11(2)9-14(18)19/h4-7,11H,3,8-10H2,1-2H3,(H,18,19). The Bertz CT molecular complexity index is 420. The van der Waals surface area contributed by atoms with Gasteiger partial charge in [0, 0.05) is 25.6 Å². The van der Waals surface area contributed by atoms with Gasteiger partial charge >= 0.3 is 5.97 Å². The molecule has 0 aliphatic rings. The Morgan fingerprint density at radius 1 is 1.37 bits per heavy atom. The van der Waals surface area contributed by atoms with Gasteiger partial charge in [0.2, 0.25) is 5.91 Å². The highest BCUT2D eigenvalue weighted by Gasteiger charge is 2.17. The van der Waals surface area contributed by atoms with Crippen LogP contribution in [0.1, 0.15) is 32.4 Å². The molecule has 0 aliphatic heterocycles. The minimum atomic E-state index is -0.868. The molecule has 1 atom stereocenters. The second kappa shape index (κ2) is 7.51. The van der Waals surface area contributed by atoms with Gasteiger partial charge in [0.25, 0.3) is 0 Å².